The topological polar surface area (TPSA) is 46.3 Å². The number of fused-ring (bicyclic) bond motifs is 1. The SMILES string of the molecule is Cl.NC1CCCC2CN(C(=O)c3cc(F)c(Cl)cc3F)CC12. The van der Waals surface area contributed by atoms with Gasteiger partial charge in [0.15, 0.2) is 0 Å². The Morgan fingerprint density at radius 2 is 1.95 bits per heavy atom. The van der Waals surface area contributed by atoms with Crippen molar-refractivity contribution >= 4 is 29.9 Å². The zero-order valence-corrected chi connectivity index (χ0v) is 13.5. The van der Waals surface area contributed by atoms with Gasteiger partial charge in [-0.2, -0.15) is 0 Å². The second-order valence-corrected chi connectivity index (χ2v) is 6.38. The molecule has 1 heterocycles. The monoisotopic (exact) mass is 350 g/mol. The van der Waals surface area contributed by atoms with Gasteiger partial charge in [-0.3, -0.25) is 4.79 Å². The molecule has 122 valence electrons. The van der Waals surface area contributed by atoms with Crippen molar-refractivity contribution in [2.24, 2.45) is 17.6 Å². The minimum absolute atomic E-state index is 0. The van der Waals surface area contributed by atoms with Crippen LogP contribution in [0.25, 0.3) is 0 Å². The Kier molecular flexibility index (Phi) is 5.30. The van der Waals surface area contributed by atoms with Crippen LogP contribution in [0.5, 0.6) is 0 Å². The molecule has 3 nitrogen and oxygen atoms in total. The predicted octanol–water partition coefficient (Wildman–Crippen LogP) is 3.24. The third kappa shape index (κ3) is 3.07. The molecule has 3 unspecified atom stereocenters. The van der Waals surface area contributed by atoms with Crippen molar-refractivity contribution in [2.45, 2.75) is 25.3 Å². The van der Waals surface area contributed by atoms with Crippen LogP contribution in [0, 0.1) is 23.5 Å². The lowest BCUT2D eigenvalue weighted by atomic mass is 9.78. The predicted molar refractivity (Wildman–Crippen MR) is 83.3 cm³/mol. The second-order valence-electron chi connectivity index (χ2n) is 5.97. The van der Waals surface area contributed by atoms with E-state index in [0.717, 1.165) is 31.4 Å². The fraction of sp³-hybridized carbons (Fsp3) is 0.533. The van der Waals surface area contributed by atoms with E-state index in [2.05, 4.69) is 0 Å². The van der Waals surface area contributed by atoms with Gasteiger partial charge in [-0.1, -0.05) is 18.0 Å². The minimum atomic E-state index is -0.787. The fourth-order valence-electron chi connectivity index (χ4n) is 3.54. The summed E-state index contributed by atoms with van der Waals surface area (Å²) in [5.41, 5.74) is 5.85. The van der Waals surface area contributed by atoms with Crippen LogP contribution < -0.4 is 5.73 Å². The van der Waals surface area contributed by atoms with E-state index in [1.165, 1.54) is 0 Å². The molecule has 1 aliphatic carbocycles. The summed E-state index contributed by atoms with van der Waals surface area (Å²) in [6, 6.07) is 1.81. The van der Waals surface area contributed by atoms with Crippen LogP contribution in [0.2, 0.25) is 5.02 Å². The number of hydrogen-bond donors (Lipinski definition) is 1. The zero-order chi connectivity index (χ0) is 15.1. The number of carbonyl (C=O) groups is 1. The van der Waals surface area contributed by atoms with Crippen LogP contribution in [-0.2, 0) is 0 Å². The van der Waals surface area contributed by atoms with Gasteiger partial charge in [-0.15, -0.1) is 12.4 Å². The number of nitrogens with two attached hydrogens (primary N) is 1. The first-order valence-corrected chi connectivity index (χ1v) is 7.54. The molecule has 1 saturated heterocycles. The van der Waals surface area contributed by atoms with Crippen molar-refractivity contribution in [3.8, 4) is 0 Å². The fourth-order valence-corrected chi connectivity index (χ4v) is 3.69. The highest BCUT2D eigenvalue weighted by Gasteiger charge is 2.41. The summed E-state index contributed by atoms with van der Waals surface area (Å²) >= 11 is 5.51. The van der Waals surface area contributed by atoms with E-state index in [-0.39, 0.29) is 35.0 Å². The average molecular weight is 351 g/mol. The van der Waals surface area contributed by atoms with E-state index in [1.807, 2.05) is 0 Å². The Hall–Kier alpha value is -0.910. The maximum atomic E-state index is 13.9. The smallest absolute Gasteiger partial charge is 0.256 e. The quantitative estimate of drug-likeness (QED) is 0.790. The molecule has 7 heteroatoms. The van der Waals surface area contributed by atoms with E-state index in [9.17, 15) is 13.6 Å². The van der Waals surface area contributed by atoms with Gasteiger partial charge in [-0.05, 0) is 36.8 Å². The number of amides is 1. The molecule has 1 saturated carbocycles. The molecule has 3 rings (SSSR count). The summed E-state index contributed by atoms with van der Waals surface area (Å²) < 4.78 is 27.3. The third-order valence-electron chi connectivity index (χ3n) is 4.68. The van der Waals surface area contributed by atoms with Crippen LogP contribution in [-0.4, -0.2) is 29.9 Å². The first-order chi connectivity index (χ1) is 9.97. The third-order valence-corrected chi connectivity index (χ3v) is 4.97. The molecule has 0 bridgehead atoms. The van der Waals surface area contributed by atoms with E-state index < -0.39 is 17.5 Å². The van der Waals surface area contributed by atoms with Crippen molar-refractivity contribution in [3.63, 3.8) is 0 Å². The number of benzene rings is 1. The van der Waals surface area contributed by atoms with Gasteiger partial charge >= 0.3 is 0 Å². The average Bonchev–Trinajstić information content (AvgIpc) is 2.87. The van der Waals surface area contributed by atoms with Gasteiger partial charge in [-0.25, -0.2) is 8.78 Å². The summed E-state index contributed by atoms with van der Waals surface area (Å²) in [5.74, 6) is -1.41. The van der Waals surface area contributed by atoms with Crippen molar-refractivity contribution < 1.29 is 13.6 Å². The van der Waals surface area contributed by atoms with Gasteiger partial charge in [0.05, 0.1) is 10.6 Å². The standard InChI is InChI=1S/C15H17ClF2N2O.ClH/c16-11-5-12(17)9(4-13(11)18)15(21)20-6-8-2-1-3-14(19)10(8)7-20;/h4-5,8,10,14H,1-3,6-7,19H2;1H. The Labute approximate surface area is 139 Å². The highest BCUT2D eigenvalue weighted by atomic mass is 35.5. The molecule has 1 aliphatic heterocycles. The maximum absolute atomic E-state index is 13.9. The van der Waals surface area contributed by atoms with E-state index in [1.54, 1.807) is 4.90 Å². The summed E-state index contributed by atoms with van der Waals surface area (Å²) in [7, 11) is 0. The van der Waals surface area contributed by atoms with Crippen molar-refractivity contribution in [1.29, 1.82) is 0 Å². The van der Waals surface area contributed by atoms with Gasteiger partial charge < -0.3 is 10.6 Å². The molecule has 2 aliphatic rings. The van der Waals surface area contributed by atoms with Crippen molar-refractivity contribution in [3.05, 3.63) is 34.4 Å². The first-order valence-electron chi connectivity index (χ1n) is 7.16. The second kappa shape index (κ2) is 6.69. The maximum Gasteiger partial charge on any atom is 0.256 e. The molecule has 0 aromatic heterocycles. The highest BCUT2D eigenvalue weighted by molar-refractivity contribution is 6.30. The zero-order valence-electron chi connectivity index (χ0n) is 11.9. The van der Waals surface area contributed by atoms with Crippen LogP contribution in [0.1, 0.15) is 29.6 Å². The number of likely N-dealkylation sites (tertiary alicyclic amines) is 1. The van der Waals surface area contributed by atoms with Crippen LogP contribution in [0.15, 0.2) is 12.1 Å². The Morgan fingerprint density at radius 3 is 2.64 bits per heavy atom. The molecule has 1 aromatic rings. The molecule has 0 spiro atoms. The Morgan fingerprint density at radius 1 is 1.23 bits per heavy atom. The van der Waals surface area contributed by atoms with Crippen molar-refractivity contribution in [1.82, 2.24) is 4.90 Å². The van der Waals surface area contributed by atoms with Gasteiger partial charge in [0.1, 0.15) is 11.6 Å². The number of halogens is 4. The molecular formula is C15H18Cl2F2N2O. The lowest BCUT2D eigenvalue weighted by molar-refractivity contribution is 0.0778. The molecule has 2 fully saturated rings. The molecule has 0 radical (unpaired) electrons. The summed E-state index contributed by atoms with van der Waals surface area (Å²) in [5, 5.41) is -0.318. The number of hydrogen-bond acceptors (Lipinski definition) is 2. The Bertz CT molecular complexity index is 585. The van der Waals surface area contributed by atoms with E-state index in [0.29, 0.717) is 19.0 Å². The van der Waals surface area contributed by atoms with Crippen LogP contribution in [0.3, 0.4) is 0 Å². The molecule has 1 amide bonds. The lowest BCUT2D eigenvalue weighted by Gasteiger charge is -2.29. The minimum Gasteiger partial charge on any atom is -0.338 e. The van der Waals surface area contributed by atoms with Crippen LogP contribution in [0.4, 0.5) is 8.78 Å². The van der Waals surface area contributed by atoms with Crippen LogP contribution >= 0.6 is 24.0 Å². The number of rotatable bonds is 1. The number of nitrogens with zero attached hydrogens (tertiary/aromatic N) is 1. The first kappa shape index (κ1) is 17.4. The van der Waals surface area contributed by atoms with Gasteiger partial charge in [0, 0.05) is 19.1 Å². The summed E-state index contributed by atoms with van der Waals surface area (Å²) in [6.07, 6.45) is 3.07. The highest BCUT2D eigenvalue weighted by Crippen LogP contribution is 2.36. The van der Waals surface area contributed by atoms with E-state index >= 15 is 0 Å². The largest absolute Gasteiger partial charge is 0.338 e. The number of carbonyl (C=O) groups excluding carboxylic acids is 1. The lowest BCUT2D eigenvalue weighted by Crippen LogP contribution is -2.38. The normalized spacial score (nSPS) is 27.3. The molecule has 3 atom stereocenters. The summed E-state index contributed by atoms with van der Waals surface area (Å²) in [6.45, 7) is 1.09. The summed E-state index contributed by atoms with van der Waals surface area (Å²) in [4.78, 5) is 14.0. The van der Waals surface area contributed by atoms with Gasteiger partial charge in [0.25, 0.3) is 5.91 Å². The molecule has 22 heavy (non-hydrogen) atoms. The molecular weight excluding hydrogens is 333 g/mol. The van der Waals surface area contributed by atoms with Gasteiger partial charge in [0.2, 0.25) is 0 Å². The van der Waals surface area contributed by atoms with Crippen molar-refractivity contribution in [2.75, 3.05) is 13.1 Å². The molecule has 1 aromatic carbocycles. The Balaban J connectivity index is 0.00000176. The van der Waals surface area contributed by atoms with E-state index in [4.69, 9.17) is 17.3 Å². The molecule has 2 N–H and O–H groups in total.